The second-order valence-electron chi connectivity index (χ2n) is 4.16. The zero-order chi connectivity index (χ0) is 11.7. The minimum Gasteiger partial charge on any atom is -0.358 e. The fraction of sp³-hybridized carbons (Fsp3) is 0.385. The molecule has 0 bridgehead atoms. The van der Waals surface area contributed by atoms with Crippen molar-refractivity contribution in [3.8, 4) is 0 Å². The molecule has 84 valence electrons. The highest BCUT2D eigenvalue weighted by atomic mass is 16.1. The van der Waals surface area contributed by atoms with Crippen LogP contribution in [-0.4, -0.2) is 16.6 Å². The fourth-order valence-electron chi connectivity index (χ4n) is 2.01. The maximum Gasteiger partial charge on any atom is 0.182 e. The SMILES string of the molecule is CCC(=O)C1=CCC(C)C(=O)c2[nH]ccc21. The number of Topliss-reactive ketones (excluding diaryl/α,β-unsaturated/α-hetero) is 2. The Bertz CT molecular complexity index is 468. The number of carbonyl (C=O) groups excluding carboxylic acids is 2. The standard InChI is InChI=1S/C13H15NO2/c1-3-11(15)9-5-4-8(2)13(16)12-10(9)6-7-14-12/h5-8,14H,3-4H2,1-2H3. The number of aromatic amines is 1. The number of ketones is 2. The number of aromatic nitrogens is 1. The van der Waals surface area contributed by atoms with Gasteiger partial charge in [0.1, 0.15) is 0 Å². The third-order valence-corrected chi connectivity index (χ3v) is 3.03. The maximum absolute atomic E-state index is 12.0. The number of carbonyl (C=O) groups is 2. The summed E-state index contributed by atoms with van der Waals surface area (Å²) in [7, 11) is 0. The van der Waals surface area contributed by atoms with Gasteiger partial charge in [0.2, 0.25) is 0 Å². The van der Waals surface area contributed by atoms with Gasteiger partial charge in [-0.25, -0.2) is 0 Å². The van der Waals surface area contributed by atoms with Crippen LogP contribution < -0.4 is 0 Å². The van der Waals surface area contributed by atoms with E-state index in [1.807, 2.05) is 26.0 Å². The van der Waals surface area contributed by atoms with Crippen molar-refractivity contribution in [2.45, 2.75) is 26.7 Å². The average molecular weight is 217 g/mol. The minimum absolute atomic E-state index is 0.0560. The molecule has 1 aromatic rings. The summed E-state index contributed by atoms with van der Waals surface area (Å²) in [4.78, 5) is 26.7. The molecule has 0 aromatic carbocycles. The molecular weight excluding hydrogens is 202 g/mol. The topological polar surface area (TPSA) is 49.9 Å². The third kappa shape index (κ3) is 1.62. The zero-order valence-electron chi connectivity index (χ0n) is 9.54. The Hall–Kier alpha value is -1.64. The monoisotopic (exact) mass is 217 g/mol. The Balaban J connectivity index is 2.53. The van der Waals surface area contributed by atoms with Crippen LogP contribution in [0.4, 0.5) is 0 Å². The van der Waals surface area contributed by atoms with Crippen LogP contribution in [0, 0.1) is 5.92 Å². The van der Waals surface area contributed by atoms with Crippen molar-refractivity contribution in [2.75, 3.05) is 0 Å². The van der Waals surface area contributed by atoms with Crippen LogP contribution in [0.25, 0.3) is 5.57 Å². The number of hydrogen-bond donors (Lipinski definition) is 1. The predicted octanol–water partition coefficient (Wildman–Crippen LogP) is 2.60. The van der Waals surface area contributed by atoms with E-state index < -0.39 is 0 Å². The fourth-order valence-corrected chi connectivity index (χ4v) is 2.01. The predicted molar refractivity (Wildman–Crippen MR) is 62.2 cm³/mol. The molecule has 0 saturated heterocycles. The lowest BCUT2D eigenvalue weighted by molar-refractivity contribution is -0.113. The molecule has 0 radical (unpaired) electrons. The molecule has 3 heteroatoms. The number of hydrogen-bond acceptors (Lipinski definition) is 2. The van der Waals surface area contributed by atoms with Gasteiger partial charge in [0.25, 0.3) is 0 Å². The van der Waals surface area contributed by atoms with Crippen LogP contribution >= 0.6 is 0 Å². The lowest BCUT2D eigenvalue weighted by Gasteiger charge is -2.04. The summed E-state index contributed by atoms with van der Waals surface area (Å²) < 4.78 is 0. The van der Waals surface area contributed by atoms with Crippen LogP contribution in [0.15, 0.2) is 18.3 Å². The summed E-state index contributed by atoms with van der Waals surface area (Å²) in [6.45, 7) is 3.73. The smallest absolute Gasteiger partial charge is 0.182 e. The average Bonchev–Trinajstić information content (AvgIpc) is 2.72. The molecule has 0 aliphatic heterocycles. The van der Waals surface area contributed by atoms with Gasteiger partial charge < -0.3 is 4.98 Å². The molecule has 0 saturated carbocycles. The molecule has 1 aromatic heterocycles. The number of allylic oxidation sites excluding steroid dienone is 2. The number of fused-ring (bicyclic) bond motifs is 1. The normalized spacial score (nSPS) is 20.0. The van der Waals surface area contributed by atoms with Crippen LogP contribution in [0.1, 0.15) is 42.7 Å². The van der Waals surface area contributed by atoms with Crippen LogP contribution in [0.3, 0.4) is 0 Å². The van der Waals surface area contributed by atoms with E-state index in [4.69, 9.17) is 0 Å². The number of nitrogens with one attached hydrogen (secondary N) is 1. The highest BCUT2D eigenvalue weighted by Gasteiger charge is 2.26. The quantitative estimate of drug-likeness (QED) is 0.827. The summed E-state index contributed by atoms with van der Waals surface area (Å²) in [5, 5.41) is 0. The van der Waals surface area contributed by atoms with Crippen molar-refractivity contribution in [3.05, 3.63) is 29.6 Å². The molecular formula is C13H15NO2. The molecule has 0 spiro atoms. The Morgan fingerprint density at radius 3 is 3.00 bits per heavy atom. The molecule has 1 atom stereocenters. The van der Waals surface area contributed by atoms with Gasteiger partial charge in [0.15, 0.2) is 11.6 Å². The van der Waals surface area contributed by atoms with Crippen molar-refractivity contribution in [2.24, 2.45) is 5.92 Å². The van der Waals surface area contributed by atoms with Crippen molar-refractivity contribution in [3.63, 3.8) is 0 Å². The van der Waals surface area contributed by atoms with Crippen LogP contribution in [-0.2, 0) is 4.79 Å². The molecule has 0 amide bonds. The van der Waals surface area contributed by atoms with Crippen LogP contribution in [0.2, 0.25) is 0 Å². The first kappa shape index (κ1) is 10.9. The largest absolute Gasteiger partial charge is 0.358 e. The molecule has 1 N–H and O–H groups in total. The molecule has 1 heterocycles. The van der Waals surface area contributed by atoms with E-state index in [0.29, 0.717) is 24.1 Å². The lowest BCUT2D eigenvalue weighted by Crippen LogP contribution is -2.10. The van der Waals surface area contributed by atoms with Gasteiger partial charge in [-0.1, -0.05) is 19.9 Å². The first-order valence-corrected chi connectivity index (χ1v) is 5.60. The lowest BCUT2D eigenvalue weighted by atomic mass is 10.00. The summed E-state index contributed by atoms with van der Waals surface area (Å²) >= 11 is 0. The summed E-state index contributed by atoms with van der Waals surface area (Å²) in [6, 6.07) is 1.81. The van der Waals surface area contributed by atoms with Gasteiger partial charge in [0, 0.05) is 29.7 Å². The van der Waals surface area contributed by atoms with Crippen molar-refractivity contribution in [1.29, 1.82) is 0 Å². The molecule has 3 nitrogen and oxygen atoms in total. The highest BCUT2D eigenvalue weighted by molar-refractivity contribution is 6.23. The second kappa shape index (κ2) is 4.08. The first-order valence-electron chi connectivity index (χ1n) is 5.60. The van der Waals surface area contributed by atoms with E-state index in [1.165, 1.54) is 0 Å². The highest BCUT2D eigenvalue weighted by Crippen LogP contribution is 2.28. The summed E-state index contributed by atoms with van der Waals surface area (Å²) in [5.41, 5.74) is 2.04. The molecule has 16 heavy (non-hydrogen) atoms. The Kier molecular flexibility index (Phi) is 2.77. The van der Waals surface area contributed by atoms with E-state index >= 15 is 0 Å². The third-order valence-electron chi connectivity index (χ3n) is 3.03. The number of rotatable bonds is 2. The van der Waals surface area contributed by atoms with Crippen LogP contribution in [0.5, 0.6) is 0 Å². The van der Waals surface area contributed by atoms with Crippen molar-refractivity contribution >= 4 is 17.1 Å². The zero-order valence-corrected chi connectivity index (χ0v) is 9.54. The minimum atomic E-state index is -0.0560. The summed E-state index contributed by atoms with van der Waals surface area (Å²) in [5.74, 6) is 0.137. The van der Waals surface area contributed by atoms with Gasteiger partial charge in [0.05, 0.1) is 5.69 Å². The Morgan fingerprint density at radius 2 is 2.31 bits per heavy atom. The van der Waals surface area contributed by atoms with Gasteiger partial charge in [-0.05, 0) is 12.5 Å². The van der Waals surface area contributed by atoms with Crippen molar-refractivity contribution in [1.82, 2.24) is 4.98 Å². The van der Waals surface area contributed by atoms with E-state index in [-0.39, 0.29) is 17.5 Å². The van der Waals surface area contributed by atoms with E-state index in [2.05, 4.69) is 4.98 Å². The van der Waals surface area contributed by atoms with E-state index in [1.54, 1.807) is 6.20 Å². The van der Waals surface area contributed by atoms with Crippen molar-refractivity contribution < 1.29 is 9.59 Å². The Labute approximate surface area is 94.6 Å². The molecule has 2 rings (SSSR count). The Morgan fingerprint density at radius 1 is 1.56 bits per heavy atom. The summed E-state index contributed by atoms with van der Waals surface area (Å²) in [6.07, 6.45) is 4.73. The van der Waals surface area contributed by atoms with Gasteiger partial charge in [-0.2, -0.15) is 0 Å². The van der Waals surface area contributed by atoms with E-state index in [0.717, 1.165) is 5.56 Å². The van der Waals surface area contributed by atoms with Gasteiger partial charge in [-0.15, -0.1) is 0 Å². The first-order chi connectivity index (χ1) is 7.65. The molecule has 1 aliphatic rings. The van der Waals surface area contributed by atoms with Gasteiger partial charge >= 0.3 is 0 Å². The van der Waals surface area contributed by atoms with E-state index in [9.17, 15) is 9.59 Å². The number of H-pyrrole nitrogens is 1. The molecule has 0 fully saturated rings. The second-order valence-corrected chi connectivity index (χ2v) is 4.16. The molecule has 1 unspecified atom stereocenters. The molecule has 1 aliphatic carbocycles. The maximum atomic E-state index is 12.0. The van der Waals surface area contributed by atoms with Gasteiger partial charge in [-0.3, -0.25) is 9.59 Å².